The molecule has 0 aromatic heterocycles. The Balaban J connectivity index is 2.87. The largest absolute Gasteiger partial charge is 0.506 e. The van der Waals surface area contributed by atoms with E-state index >= 15 is 0 Å². The molecular weight excluding hydrogens is 114 g/mol. The van der Waals surface area contributed by atoms with Crippen molar-refractivity contribution in [2.45, 2.75) is 20.3 Å². The zero-order valence-electron chi connectivity index (χ0n) is 5.73. The van der Waals surface area contributed by atoms with Gasteiger partial charge in [-0.15, -0.1) is 0 Å². The van der Waals surface area contributed by atoms with Crippen LogP contribution in [0.5, 0.6) is 0 Å². The van der Waals surface area contributed by atoms with Crippen molar-refractivity contribution >= 4 is 5.71 Å². The molecule has 1 atom stereocenters. The first-order valence-electron chi connectivity index (χ1n) is 3.10. The summed E-state index contributed by atoms with van der Waals surface area (Å²) in [4.78, 5) is 0. The van der Waals surface area contributed by atoms with Gasteiger partial charge in [-0.3, -0.25) is 0 Å². The summed E-state index contributed by atoms with van der Waals surface area (Å²) in [5, 5.41) is 16.4. The molecule has 0 saturated carbocycles. The standard InChI is InChI=1S/C7H11NO/c1-4-3-5(2)7(9)6(4)8/h4,8-9H,3H2,1-2H3. The van der Waals surface area contributed by atoms with Crippen molar-refractivity contribution in [1.82, 2.24) is 0 Å². The van der Waals surface area contributed by atoms with E-state index in [2.05, 4.69) is 0 Å². The van der Waals surface area contributed by atoms with Crippen molar-refractivity contribution in [1.29, 1.82) is 5.41 Å². The smallest absolute Gasteiger partial charge is 0.135 e. The van der Waals surface area contributed by atoms with Crippen molar-refractivity contribution in [3.05, 3.63) is 11.3 Å². The predicted octanol–water partition coefficient (Wildman–Crippen LogP) is 1.88. The summed E-state index contributed by atoms with van der Waals surface area (Å²) in [6.45, 7) is 3.82. The van der Waals surface area contributed by atoms with Crippen molar-refractivity contribution in [2.75, 3.05) is 0 Å². The molecule has 1 aliphatic rings. The average Bonchev–Trinajstić information content (AvgIpc) is 1.98. The van der Waals surface area contributed by atoms with Gasteiger partial charge < -0.3 is 10.5 Å². The van der Waals surface area contributed by atoms with E-state index in [-0.39, 0.29) is 11.7 Å². The maximum absolute atomic E-state index is 9.09. The highest BCUT2D eigenvalue weighted by molar-refractivity contribution is 6.00. The van der Waals surface area contributed by atoms with Crippen molar-refractivity contribution in [3.8, 4) is 0 Å². The van der Waals surface area contributed by atoms with Crippen LogP contribution in [0.2, 0.25) is 0 Å². The molecule has 2 N–H and O–H groups in total. The van der Waals surface area contributed by atoms with Gasteiger partial charge in [0.2, 0.25) is 0 Å². The van der Waals surface area contributed by atoms with Gasteiger partial charge in [-0.25, -0.2) is 0 Å². The molecule has 2 nitrogen and oxygen atoms in total. The van der Waals surface area contributed by atoms with E-state index in [4.69, 9.17) is 10.5 Å². The highest BCUT2D eigenvalue weighted by Gasteiger charge is 2.22. The first-order valence-corrected chi connectivity index (χ1v) is 3.10. The van der Waals surface area contributed by atoms with Crippen LogP contribution in [0.3, 0.4) is 0 Å². The van der Waals surface area contributed by atoms with E-state index in [1.165, 1.54) is 0 Å². The van der Waals surface area contributed by atoms with Gasteiger partial charge in [-0.2, -0.15) is 0 Å². The Morgan fingerprint density at radius 2 is 2.22 bits per heavy atom. The predicted molar refractivity (Wildman–Crippen MR) is 36.8 cm³/mol. The molecule has 1 unspecified atom stereocenters. The molecule has 0 spiro atoms. The first kappa shape index (κ1) is 6.33. The number of aliphatic hydroxyl groups excluding tert-OH is 1. The second-order valence-corrected chi connectivity index (χ2v) is 2.65. The third-order valence-electron chi connectivity index (χ3n) is 1.76. The fourth-order valence-electron chi connectivity index (χ4n) is 1.12. The highest BCUT2D eigenvalue weighted by atomic mass is 16.3. The first-order chi connectivity index (χ1) is 4.13. The van der Waals surface area contributed by atoms with Crippen LogP contribution in [0.1, 0.15) is 20.3 Å². The number of nitrogens with one attached hydrogen (secondary N) is 1. The summed E-state index contributed by atoms with van der Waals surface area (Å²) in [6.07, 6.45) is 0.852. The maximum Gasteiger partial charge on any atom is 0.135 e. The van der Waals surface area contributed by atoms with E-state index in [1.807, 2.05) is 13.8 Å². The zero-order chi connectivity index (χ0) is 7.02. The molecule has 2 heteroatoms. The van der Waals surface area contributed by atoms with Gasteiger partial charge in [-0.1, -0.05) is 6.92 Å². The van der Waals surface area contributed by atoms with Crippen LogP contribution in [-0.2, 0) is 0 Å². The third kappa shape index (κ3) is 0.846. The van der Waals surface area contributed by atoms with Crippen LogP contribution in [0.15, 0.2) is 11.3 Å². The minimum atomic E-state index is 0.211. The lowest BCUT2D eigenvalue weighted by molar-refractivity contribution is 0.438. The Bertz CT molecular complexity index is 181. The second kappa shape index (κ2) is 1.87. The average molecular weight is 125 g/mol. The molecule has 0 bridgehead atoms. The zero-order valence-corrected chi connectivity index (χ0v) is 5.73. The van der Waals surface area contributed by atoms with E-state index in [0.29, 0.717) is 5.71 Å². The van der Waals surface area contributed by atoms with Crippen LogP contribution in [0.4, 0.5) is 0 Å². The molecule has 0 heterocycles. The van der Waals surface area contributed by atoms with Crippen LogP contribution in [0, 0.1) is 11.3 Å². The fourth-order valence-corrected chi connectivity index (χ4v) is 1.12. The lowest BCUT2D eigenvalue weighted by atomic mass is 10.1. The molecule has 0 aliphatic heterocycles. The van der Waals surface area contributed by atoms with Crippen molar-refractivity contribution in [2.24, 2.45) is 5.92 Å². The van der Waals surface area contributed by atoms with Crippen molar-refractivity contribution < 1.29 is 5.11 Å². The van der Waals surface area contributed by atoms with Crippen LogP contribution in [-0.4, -0.2) is 10.8 Å². The number of rotatable bonds is 0. The topological polar surface area (TPSA) is 44.1 Å². The second-order valence-electron chi connectivity index (χ2n) is 2.65. The Hall–Kier alpha value is -0.790. The molecule has 9 heavy (non-hydrogen) atoms. The number of allylic oxidation sites excluding steroid dienone is 2. The lowest BCUT2D eigenvalue weighted by Gasteiger charge is -1.98. The SMILES string of the molecule is CC1=C(O)C(=N)C(C)C1. The minimum absolute atomic E-state index is 0.211. The molecule has 0 saturated heterocycles. The molecule has 0 radical (unpaired) electrons. The Morgan fingerprint density at radius 3 is 2.33 bits per heavy atom. The summed E-state index contributed by atoms with van der Waals surface area (Å²) >= 11 is 0. The van der Waals surface area contributed by atoms with E-state index in [1.54, 1.807) is 0 Å². The van der Waals surface area contributed by atoms with Crippen LogP contribution in [0.25, 0.3) is 0 Å². The monoisotopic (exact) mass is 125 g/mol. The normalized spacial score (nSPS) is 27.8. The molecule has 1 aliphatic carbocycles. The quantitative estimate of drug-likeness (QED) is 0.510. The highest BCUT2D eigenvalue weighted by Crippen LogP contribution is 2.25. The number of aliphatic hydroxyl groups is 1. The Labute approximate surface area is 54.7 Å². The Morgan fingerprint density at radius 1 is 1.67 bits per heavy atom. The fraction of sp³-hybridized carbons (Fsp3) is 0.571. The molecule has 1 rings (SSSR count). The number of hydrogen-bond donors (Lipinski definition) is 2. The van der Waals surface area contributed by atoms with Gasteiger partial charge in [0.05, 0.1) is 5.71 Å². The van der Waals surface area contributed by atoms with E-state index < -0.39 is 0 Å². The van der Waals surface area contributed by atoms with Gasteiger partial charge in [-0.05, 0) is 18.9 Å². The van der Waals surface area contributed by atoms with E-state index in [9.17, 15) is 0 Å². The molecule has 0 aromatic carbocycles. The van der Waals surface area contributed by atoms with Gasteiger partial charge >= 0.3 is 0 Å². The summed E-state index contributed by atoms with van der Waals surface area (Å²) in [6, 6.07) is 0. The van der Waals surface area contributed by atoms with Crippen molar-refractivity contribution in [3.63, 3.8) is 0 Å². The third-order valence-corrected chi connectivity index (χ3v) is 1.76. The minimum Gasteiger partial charge on any atom is -0.506 e. The van der Waals surface area contributed by atoms with Crippen LogP contribution >= 0.6 is 0 Å². The maximum atomic E-state index is 9.09. The molecule has 50 valence electrons. The van der Waals surface area contributed by atoms with Gasteiger partial charge in [0, 0.05) is 5.92 Å². The van der Waals surface area contributed by atoms with Gasteiger partial charge in [0.1, 0.15) is 5.76 Å². The summed E-state index contributed by atoms with van der Waals surface area (Å²) in [5.41, 5.74) is 1.35. The molecule has 0 amide bonds. The summed E-state index contributed by atoms with van der Waals surface area (Å²) in [5.74, 6) is 0.438. The lowest BCUT2D eigenvalue weighted by Crippen LogP contribution is -2.03. The molecule has 0 aromatic rings. The van der Waals surface area contributed by atoms with Gasteiger partial charge in [0.25, 0.3) is 0 Å². The molecule has 0 fully saturated rings. The van der Waals surface area contributed by atoms with E-state index in [0.717, 1.165) is 12.0 Å². The summed E-state index contributed by atoms with van der Waals surface area (Å²) in [7, 11) is 0. The number of hydrogen-bond acceptors (Lipinski definition) is 2. The Kier molecular flexibility index (Phi) is 1.31. The summed E-state index contributed by atoms with van der Waals surface area (Å²) < 4.78 is 0. The van der Waals surface area contributed by atoms with Gasteiger partial charge in [0.15, 0.2) is 0 Å². The molecular formula is C7H11NO. The van der Waals surface area contributed by atoms with Crippen LogP contribution < -0.4 is 0 Å².